The minimum Gasteiger partial charge on any atom is -0.507 e. The van der Waals surface area contributed by atoms with Crippen LogP contribution in [0.5, 0.6) is 5.75 Å². The third kappa shape index (κ3) is 11.8. The van der Waals surface area contributed by atoms with Gasteiger partial charge in [-0.05, 0) is 50.3 Å². The Morgan fingerprint density at radius 2 is 1.89 bits per heavy atom. The first kappa shape index (κ1) is 32.6. The van der Waals surface area contributed by atoms with E-state index in [0.717, 1.165) is 62.1 Å². The third-order valence-electron chi connectivity index (χ3n) is 6.11. The highest BCUT2D eigenvalue weighted by molar-refractivity contribution is 5.82. The van der Waals surface area contributed by atoms with Crippen molar-refractivity contribution < 1.29 is 34.3 Å². The van der Waals surface area contributed by atoms with Crippen LogP contribution in [-0.4, -0.2) is 48.1 Å². The number of unbranched alkanes of at least 4 members (excludes halogenated alkanes) is 2. The van der Waals surface area contributed by atoms with Gasteiger partial charge in [-0.3, -0.25) is 14.4 Å². The number of aromatic nitrogens is 1. The van der Waals surface area contributed by atoms with E-state index in [1.165, 1.54) is 5.56 Å². The highest BCUT2D eigenvalue weighted by Crippen LogP contribution is 2.32. The number of phenolic OH excluding ortho intramolecular Hbond substituents is 1. The topological polar surface area (TPSA) is 118 Å². The quantitative estimate of drug-likeness (QED) is 0.242. The van der Waals surface area contributed by atoms with Crippen LogP contribution in [-0.2, 0) is 27.2 Å². The van der Waals surface area contributed by atoms with Gasteiger partial charge in [0.1, 0.15) is 5.75 Å². The lowest BCUT2D eigenvalue weighted by atomic mass is 9.99. The van der Waals surface area contributed by atoms with Crippen molar-refractivity contribution in [2.75, 3.05) is 24.6 Å². The summed E-state index contributed by atoms with van der Waals surface area (Å²) in [5, 5.41) is 17.8. The average Bonchev–Trinajstić information content (AvgIpc) is 2.89. The molecule has 1 aromatic carbocycles. The molecular formula is C30H45N2O6+. The van der Waals surface area contributed by atoms with Crippen molar-refractivity contribution in [2.24, 2.45) is 0 Å². The zero-order valence-electron chi connectivity index (χ0n) is 23.6. The normalized spacial score (nSPS) is 11.9. The Hall–Kier alpha value is -3.42. The monoisotopic (exact) mass is 529 g/mol. The molecule has 0 saturated carbocycles. The van der Waals surface area contributed by atoms with Gasteiger partial charge in [0.05, 0.1) is 18.6 Å². The SMILES string of the molecule is CCCCCC(=O)O.CCN1CCCc2cc(C=O)c(O)cc21.CCOC(=O)Cc1cc[nH+]c(C(C)C)c1. The van der Waals surface area contributed by atoms with Crippen molar-refractivity contribution in [3.63, 3.8) is 0 Å². The number of fused-ring (bicyclic) bond motifs is 1. The summed E-state index contributed by atoms with van der Waals surface area (Å²) in [7, 11) is 0. The third-order valence-corrected chi connectivity index (χ3v) is 6.11. The van der Waals surface area contributed by atoms with Gasteiger partial charge in [0.2, 0.25) is 0 Å². The summed E-state index contributed by atoms with van der Waals surface area (Å²) in [6, 6.07) is 7.44. The first-order chi connectivity index (χ1) is 18.2. The fourth-order valence-electron chi connectivity index (χ4n) is 4.02. The molecule has 0 radical (unpaired) electrons. The number of anilines is 1. The molecule has 0 saturated heterocycles. The molecule has 38 heavy (non-hydrogen) atoms. The number of carboxylic acid groups (broad SMARTS) is 1. The van der Waals surface area contributed by atoms with Gasteiger partial charge in [-0.1, -0.05) is 33.6 Å². The van der Waals surface area contributed by atoms with E-state index in [0.29, 0.717) is 37.2 Å². The van der Waals surface area contributed by atoms with Gasteiger partial charge in [0.15, 0.2) is 18.2 Å². The Morgan fingerprint density at radius 3 is 2.47 bits per heavy atom. The lowest BCUT2D eigenvalue weighted by Gasteiger charge is -2.30. The van der Waals surface area contributed by atoms with E-state index in [2.05, 4.69) is 37.6 Å². The first-order valence-corrected chi connectivity index (χ1v) is 13.6. The zero-order valence-corrected chi connectivity index (χ0v) is 23.6. The highest BCUT2D eigenvalue weighted by Gasteiger charge is 2.17. The predicted octanol–water partition coefficient (Wildman–Crippen LogP) is 5.36. The zero-order chi connectivity index (χ0) is 28.5. The lowest BCUT2D eigenvalue weighted by Crippen LogP contribution is -2.28. The number of esters is 1. The van der Waals surface area contributed by atoms with Gasteiger partial charge in [0.25, 0.3) is 0 Å². The van der Waals surface area contributed by atoms with Gasteiger partial charge in [0, 0.05) is 49.3 Å². The van der Waals surface area contributed by atoms with E-state index in [4.69, 9.17) is 9.84 Å². The number of hydrogen-bond acceptors (Lipinski definition) is 6. The van der Waals surface area contributed by atoms with Crippen molar-refractivity contribution in [1.29, 1.82) is 0 Å². The lowest BCUT2D eigenvalue weighted by molar-refractivity contribution is -0.392. The molecule has 2 aromatic rings. The maximum absolute atomic E-state index is 11.3. The van der Waals surface area contributed by atoms with Crippen LogP contribution in [0.3, 0.4) is 0 Å². The number of pyridine rings is 1. The minimum atomic E-state index is -0.682. The molecule has 2 heterocycles. The van der Waals surface area contributed by atoms with Gasteiger partial charge >= 0.3 is 11.9 Å². The van der Waals surface area contributed by atoms with Crippen LogP contribution < -0.4 is 9.88 Å². The number of H-pyrrole nitrogens is 1. The summed E-state index contributed by atoms with van der Waals surface area (Å²) in [5.74, 6) is -0.326. The van der Waals surface area contributed by atoms with Crippen molar-refractivity contribution in [2.45, 2.75) is 85.5 Å². The Balaban J connectivity index is 0.000000300. The number of nitrogens with one attached hydrogen (secondary N) is 1. The number of phenols is 1. The summed E-state index contributed by atoms with van der Waals surface area (Å²) in [4.78, 5) is 37.2. The molecule has 1 aromatic heterocycles. The fourth-order valence-corrected chi connectivity index (χ4v) is 4.02. The molecule has 1 aliphatic rings. The number of aromatic amines is 1. The average molecular weight is 530 g/mol. The Morgan fingerprint density at radius 1 is 1.16 bits per heavy atom. The standard InChI is InChI=1S/C12H15NO2.C12H17NO2.C6H12O2/c1-2-13-5-3-4-9-6-10(8-14)12(15)7-11(9)13;1-4-15-12(14)8-10-5-6-13-11(7-10)9(2)3;1-2-3-4-5-6(7)8/h6-8,15H,2-5H2,1H3;5-7,9H,4,8H2,1-3H3;2-5H2,1H3,(H,7,8)/p+1. The molecule has 210 valence electrons. The van der Waals surface area contributed by atoms with Gasteiger partial charge in [-0.25, -0.2) is 4.98 Å². The van der Waals surface area contributed by atoms with Gasteiger partial charge in [-0.15, -0.1) is 0 Å². The van der Waals surface area contributed by atoms with Crippen molar-refractivity contribution >= 4 is 23.9 Å². The van der Waals surface area contributed by atoms with Crippen LogP contribution in [0.1, 0.15) is 99.8 Å². The molecule has 1 aliphatic heterocycles. The molecule has 0 unspecified atom stereocenters. The number of carbonyl (C=O) groups excluding carboxylic acids is 2. The van der Waals surface area contributed by atoms with Crippen molar-refractivity contribution in [1.82, 2.24) is 0 Å². The second-order valence-electron chi connectivity index (χ2n) is 9.48. The second kappa shape index (κ2) is 17.9. The van der Waals surface area contributed by atoms with Crippen LogP contribution >= 0.6 is 0 Å². The summed E-state index contributed by atoms with van der Waals surface area (Å²) in [6.45, 7) is 12.6. The largest absolute Gasteiger partial charge is 0.507 e. The van der Waals surface area contributed by atoms with Gasteiger partial charge < -0.3 is 19.8 Å². The second-order valence-corrected chi connectivity index (χ2v) is 9.48. The minimum absolute atomic E-state index is 0.0871. The Kier molecular flexibility index (Phi) is 15.4. The number of aliphatic carboxylic acids is 1. The van der Waals surface area contributed by atoms with E-state index < -0.39 is 5.97 Å². The molecule has 8 heteroatoms. The molecule has 0 aliphatic carbocycles. The number of nitrogens with zero attached hydrogens (tertiary/aromatic N) is 1. The van der Waals surface area contributed by atoms with E-state index in [9.17, 15) is 19.5 Å². The summed E-state index contributed by atoms with van der Waals surface area (Å²) < 4.78 is 4.90. The number of ether oxygens (including phenoxy) is 1. The number of aromatic hydroxyl groups is 1. The summed E-state index contributed by atoms with van der Waals surface area (Å²) in [6.07, 6.45) is 8.31. The van der Waals surface area contributed by atoms with Crippen molar-refractivity contribution in [3.05, 3.63) is 52.8 Å². The molecule has 0 spiro atoms. The molecular weight excluding hydrogens is 484 g/mol. The Bertz CT molecular complexity index is 1020. The van der Waals surface area contributed by atoms with E-state index in [1.807, 2.05) is 25.3 Å². The first-order valence-electron chi connectivity index (χ1n) is 13.6. The van der Waals surface area contributed by atoms with Crippen LogP contribution in [0.15, 0.2) is 30.5 Å². The molecule has 8 nitrogen and oxygen atoms in total. The molecule has 0 amide bonds. The number of hydrogen-bond donors (Lipinski definition) is 2. The van der Waals surface area contributed by atoms with E-state index in [1.54, 1.807) is 12.1 Å². The maximum atomic E-state index is 11.3. The van der Waals surface area contributed by atoms with E-state index >= 15 is 0 Å². The number of benzene rings is 1. The number of aldehydes is 1. The van der Waals surface area contributed by atoms with Crippen LogP contribution in [0.2, 0.25) is 0 Å². The molecule has 0 atom stereocenters. The van der Waals surface area contributed by atoms with Crippen LogP contribution in [0.4, 0.5) is 5.69 Å². The number of carboxylic acids is 1. The molecule has 0 bridgehead atoms. The van der Waals surface area contributed by atoms with Crippen LogP contribution in [0.25, 0.3) is 0 Å². The Labute approximate surface area is 227 Å². The van der Waals surface area contributed by atoms with Gasteiger partial charge in [-0.2, -0.15) is 0 Å². The van der Waals surface area contributed by atoms with Crippen LogP contribution in [0, 0.1) is 0 Å². The number of carbonyl (C=O) groups is 3. The predicted molar refractivity (Wildman–Crippen MR) is 149 cm³/mol. The van der Waals surface area contributed by atoms with Crippen molar-refractivity contribution in [3.8, 4) is 5.75 Å². The molecule has 0 fully saturated rings. The number of rotatable bonds is 10. The summed E-state index contributed by atoms with van der Waals surface area (Å²) >= 11 is 0. The smallest absolute Gasteiger partial charge is 0.310 e. The highest BCUT2D eigenvalue weighted by atomic mass is 16.5. The number of aryl methyl sites for hydroxylation is 1. The fraction of sp³-hybridized carbons (Fsp3) is 0.533. The molecule has 3 rings (SSSR count). The van der Waals surface area contributed by atoms with E-state index in [-0.39, 0.29) is 11.7 Å². The summed E-state index contributed by atoms with van der Waals surface area (Å²) in [5.41, 5.74) is 4.77. The maximum Gasteiger partial charge on any atom is 0.310 e. The molecule has 3 N–H and O–H groups in total.